The summed E-state index contributed by atoms with van der Waals surface area (Å²) in [5, 5.41) is 0. The molecule has 0 spiro atoms. The van der Waals surface area contributed by atoms with Crippen molar-refractivity contribution in [2.75, 3.05) is 14.2 Å². The highest BCUT2D eigenvalue weighted by Gasteiger charge is 2.33. The molecule has 0 saturated heterocycles. The molecule has 2 aromatic carbocycles. The summed E-state index contributed by atoms with van der Waals surface area (Å²) in [5.41, 5.74) is 2.01. The van der Waals surface area contributed by atoms with Gasteiger partial charge in [-0.1, -0.05) is 35.6 Å². The van der Waals surface area contributed by atoms with Gasteiger partial charge in [0.05, 0.1) is 36.1 Å². The van der Waals surface area contributed by atoms with E-state index >= 15 is 0 Å². The number of allylic oxidation sites excluding steroid dienone is 1. The van der Waals surface area contributed by atoms with Crippen LogP contribution >= 0.6 is 11.3 Å². The third kappa shape index (κ3) is 4.42. The van der Waals surface area contributed by atoms with Crippen molar-refractivity contribution >= 4 is 29.4 Å². The zero-order chi connectivity index (χ0) is 24.4. The second-order valence-corrected chi connectivity index (χ2v) is 8.52. The fourth-order valence-corrected chi connectivity index (χ4v) is 4.79. The van der Waals surface area contributed by atoms with Crippen LogP contribution in [0.2, 0.25) is 0 Å². The molecule has 0 saturated carbocycles. The molecule has 1 aromatic heterocycles. The van der Waals surface area contributed by atoms with E-state index in [2.05, 4.69) is 4.99 Å². The van der Waals surface area contributed by atoms with Crippen LogP contribution in [0.5, 0.6) is 11.5 Å². The molecule has 0 bridgehead atoms. The summed E-state index contributed by atoms with van der Waals surface area (Å²) in [6.45, 7) is 3.06. The summed E-state index contributed by atoms with van der Waals surface area (Å²) in [6, 6.07) is 13.3. The number of nitrogens with zero attached hydrogens (tertiary/aromatic N) is 2. The maximum atomic E-state index is 13.5. The largest absolute Gasteiger partial charge is 0.497 e. The average molecular weight is 479 g/mol. The van der Waals surface area contributed by atoms with Gasteiger partial charge in [0.1, 0.15) is 11.5 Å². The van der Waals surface area contributed by atoms with E-state index < -0.39 is 18.0 Å². The quantitative estimate of drug-likeness (QED) is 0.413. The Morgan fingerprint density at radius 3 is 2.26 bits per heavy atom. The van der Waals surface area contributed by atoms with E-state index in [1.54, 1.807) is 56.5 Å². The normalized spacial score (nSPS) is 15.4. The molecule has 0 N–H and O–H groups in total. The van der Waals surface area contributed by atoms with Crippen LogP contribution in [0.15, 0.2) is 69.6 Å². The lowest BCUT2D eigenvalue weighted by molar-refractivity contribution is -0.136. The van der Waals surface area contributed by atoms with E-state index in [9.17, 15) is 14.4 Å². The predicted molar refractivity (Wildman–Crippen MR) is 127 cm³/mol. The summed E-state index contributed by atoms with van der Waals surface area (Å²) in [4.78, 5) is 42.3. The number of methoxy groups -OCH3 is 2. The number of aromatic nitrogens is 1. The van der Waals surface area contributed by atoms with E-state index in [1.807, 2.05) is 12.1 Å². The number of benzene rings is 2. The SMILES string of the molecule is COC(=O)C1=C(C)N=c2sc(=Cc3ccc(OC(C)=O)cc3)c(=O)n2C1c1ccc(OC)cc1. The number of thiazole rings is 1. The van der Waals surface area contributed by atoms with Gasteiger partial charge < -0.3 is 14.2 Å². The van der Waals surface area contributed by atoms with Crippen LogP contribution in [0.1, 0.15) is 31.0 Å². The fraction of sp³-hybridized carbons (Fsp3) is 0.200. The van der Waals surface area contributed by atoms with Crippen molar-refractivity contribution in [2.45, 2.75) is 19.9 Å². The zero-order valence-electron chi connectivity index (χ0n) is 19.0. The van der Waals surface area contributed by atoms with Crippen LogP contribution in [0.3, 0.4) is 0 Å². The maximum absolute atomic E-state index is 13.5. The minimum absolute atomic E-state index is 0.275. The molecule has 0 radical (unpaired) electrons. The Kier molecular flexibility index (Phi) is 6.47. The standard InChI is InChI=1S/C25H22N2O6S/c1-14-21(24(30)32-4)22(17-7-11-18(31-3)12-8-17)27-23(29)20(34-25(27)26-14)13-16-5-9-19(10-6-16)33-15(2)28/h5-13,22H,1-4H3. The number of esters is 2. The van der Waals surface area contributed by atoms with Gasteiger partial charge in [0.2, 0.25) is 0 Å². The Morgan fingerprint density at radius 1 is 1.03 bits per heavy atom. The number of carbonyl (C=O) groups excluding carboxylic acids is 2. The molecule has 1 aliphatic rings. The second kappa shape index (κ2) is 9.48. The number of fused-ring (bicyclic) bond motifs is 1. The molecule has 1 aliphatic heterocycles. The highest BCUT2D eigenvalue weighted by atomic mass is 32.1. The van der Waals surface area contributed by atoms with E-state index in [1.165, 1.54) is 29.9 Å². The van der Waals surface area contributed by atoms with Crippen molar-refractivity contribution in [1.82, 2.24) is 4.57 Å². The van der Waals surface area contributed by atoms with E-state index in [0.717, 1.165) is 11.1 Å². The Morgan fingerprint density at radius 2 is 1.68 bits per heavy atom. The van der Waals surface area contributed by atoms with Gasteiger partial charge in [-0.15, -0.1) is 0 Å². The molecule has 1 atom stereocenters. The highest BCUT2D eigenvalue weighted by Crippen LogP contribution is 2.31. The third-order valence-corrected chi connectivity index (χ3v) is 6.28. The summed E-state index contributed by atoms with van der Waals surface area (Å²) in [5.74, 6) is 0.131. The summed E-state index contributed by atoms with van der Waals surface area (Å²) < 4.78 is 17.3. The number of hydrogen-bond acceptors (Lipinski definition) is 8. The first kappa shape index (κ1) is 23.2. The molecule has 1 unspecified atom stereocenters. The van der Waals surface area contributed by atoms with Crippen LogP contribution in [0.4, 0.5) is 0 Å². The highest BCUT2D eigenvalue weighted by molar-refractivity contribution is 7.07. The zero-order valence-corrected chi connectivity index (χ0v) is 19.8. The van der Waals surface area contributed by atoms with Crippen LogP contribution in [-0.2, 0) is 14.3 Å². The molecule has 0 aliphatic carbocycles. The fourth-order valence-electron chi connectivity index (χ4n) is 3.74. The van der Waals surface area contributed by atoms with Crippen LogP contribution < -0.4 is 24.4 Å². The van der Waals surface area contributed by atoms with Crippen molar-refractivity contribution in [3.8, 4) is 11.5 Å². The minimum Gasteiger partial charge on any atom is -0.497 e. The van der Waals surface area contributed by atoms with Gasteiger partial charge >= 0.3 is 11.9 Å². The third-order valence-electron chi connectivity index (χ3n) is 5.30. The van der Waals surface area contributed by atoms with Gasteiger partial charge in [-0.3, -0.25) is 14.2 Å². The van der Waals surface area contributed by atoms with Crippen molar-refractivity contribution in [1.29, 1.82) is 0 Å². The number of hydrogen-bond donors (Lipinski definition) is 0. The van der Waals surface area contributed by atoms with Gasteiger partial charge in [0.15, 0.2) is 4.80 Å². The minimum atomic E-state index is -0.692. The van der Waals surface area contributed by atoms with Crippen molar-refractivity contribution in [3.05, 3.63) is 90.6 Å². The number of ether oxygens (including phenoxy) is 3. The van der Waals surface area contributed by atoms with Gasteiger partial charge in [-0.05, 0) is 48.4 Å². The summed E-state index contributed by atoms with van der Waals surface area (Å²) >= 11 is 1.23. The van der Waals surface area contributed by atoms with Crippen molar-refractivity contribution in [3.63, 3.8) is 0 Å². The summed E-state index contributed by atoms with van der Waals surface area (Å²) in [6.07, 6.45) is 1.74. The van der Waals surface area contributed by atoms with E-state index in [4.69, 9.17) is 14.2 Å². The molecule has 4 rings (SSSR count). The number of rotatable bonds is 5. The predicted octanol–water partition coefficient (Wildman–Crippen LogP) is 2.34. The molecular weight excluding hydrogens is 456 g/mol. The average Bonchev–Trinajstić information content (AvgIpc) is 3.13. The lowest BCUT2D eigenvalue weighted by atomic mass is 9.96. The Hall–Kier alpha value is -3.98. The first-order valence-corrected chi connectivity index (χ1v) is 11.2. The molecule has 34 heavy (non-hydrogen) atoms. The molecule has 0 amide bonds. The van der Waals surface area contributed by atoms with Gasteiger partial charge in [0, 0.05) is 6.92 Å². The Labute approximate surface area is 199 Å². The second-order valence-electron chi connectivity index (χ2n) is 7.51. The van der Waals surface area contributed by atoms with Gasteiger partial charge in [-0.2, -0.15) is 0 Å². The first-order valence-electron chi connectivity index (χ1n) is 10.4. The maximum Gasteiger partial charge on any atom is 0.338 e. The topological polar surface area (TPSA) is 96.2 Å². The van der Waals surface area contributed by atoms with Crippen LogP contribution in [0, 0.1) is 0 Å². The van der Waals surface area contributed by atoms with Crippen LogP contribution in [0.25, 0.3) is 6.08 Å². The van der Waals surface area contributed by atoms with E-state index in [0.29, 0.717) is 32.1 Å². The summed E-state index contributed by atoms with van der Waals surface area (Å²) in [7, 11) is 2.87. The molecule has 0 fully saturated rings. The Bertz CT molecular complexity index is 1460. The van der Waals surface area contributed by atoms with Crippen LogP contribution in [-0.4, -0.2) is 30.7 Å². The molecule has 3 aromatic rings. The molecular formula is C25H22N2O6S. The lowest BCUT2D eigenvalue weighted by Gasteiger charge is -2.24. The van der Waals surface area contributed by atoms with Gasteiger partial charge in [0.25, 0.3) is 5.56 Å². The van der Waals surface area contributed by atoms with E-state index in [-0.39, 0.29) is 5.56 Å². The van der Waals surface area contributed by atoms with Crippen molar-refractivity contribution in [2.24, 2.45) is 4.99 Å². The molecule has 8 nitrogen and oxygen atoms in total. The first-order chi connectivity index (χ1) is 16.3. The molecule has 9 heteroatoms. The molecule has 174 valence electrons. The Balaban J connectivity index is 1.86. The van der Waals surface area contributed by atoms with Crippen molar-refractivity contribution < 1.29 is 23.8 Å². The number of carbonyl (C=O) groups is 2. The van der Waals surface area contributed by atoms with Gasteiger partial charge in [-0.25, -0.2) is 9.79 Å². The smallest absolute Gasteiger partial charge is 0.338 e. The molecule has 2 heterocycles. The lowest BCUT2D eigenvalue weighted by Crippen LogP contribution is -2.39. The monoisotopic (exact) mass is 478 g/mol.